The quantitative estimate of drug-likeness (QED) is 0.358. The van der Waals surface area contributed by atoms with Crippen LogP contribution in [0.25, 0.3) is 17.1 Å². The topological polar surface area (TPSA) is 60.7 Å². The summed E-state index contributed by atoms with van der Waals surface area (Å²) in [5, 5.41) is 9.43. The molecule has 2 aromatic carbocycles. The Balaban J connectivity index is 1.68. The third-order valence-electron chi connectivity index (χ3n) is 4.29. The van der Waals surface area contributed by atoms with E-state index in [9.17, 15) is 4.79 Å². The van der Waals surface area contributed by atoms with E-state index in [0.29, 0.717) is 16.5 Å². The highest BCUT2D eigenvalue weighted by Gasteiger charge is 2.17. The molecule has 28 heavy (non-hydrogen) atoms. The number of Topliss-reactive ketones (excluding diaryl/α,β-unsaturated/α-hetero) is 1. The number of rotatable bonds is 6. The van der Waals surface area contributed by atoms with Gasteiger partial charge < -0.3 is 0 Å². The van der Waals surface area contributed by atoms with Gasteiger partial charge in [0, 0.05) is 29.2 Å². The second-order valence-corrected chi connectivity index (χ2v) is 7.23. The second-order valence-electron chi connectivity index (χ2n) is 6.29. The van der Waals surface area contributed by atoms with Crippen molar-refractivity contribution >= 4 is 17.5 Å². The van der Waals surface area contributed by atoms with Crippen LogP contribution in [0.4, 0.5) is 0 Å². The van der Waals surface area contributed by atoms with Crippen molar-refractivity contribution in [1.82, 2.24) is 19.7 Å². The summed E-state index contributed by atoms with van der Waals surface area (Å²) in [6.45, 7) is 2.05. The molecule has 5 nitrogen and oxygen atoms in total. The lowest BCUT2D eigenvalue weighted by Gasteiger charge is -2.10. The molecule has 4 aromatic rings. The largest absolute Gasteiger partial charge is 0.293 e. The number of aryl methyl sites for hydroxylation is 1. The normalized spacial score (nSPS) is 10.8. The highest BCUT2D eigenvalue weighted by Crippen LogP contribution is 2.28. The molecule has 4 rings (SSSR count). The van der Waals surface area contributed by atoms with Crippen LogP contribution in [0.1, 0.15) is 15.9 Å². The van der Waals surface area contributed by atoms with E-state index in [1.807, 2.05) is 66.1 Å². The Morgan fingerprint density at radius 1 is 0.929 bits per heavy atom. The van der Waals surface area contributed by atoms with Crippen molar-refractivity contribution in [3.8, 4) is 17.1 Å². The number of aromatic nitrogens is 4. The first kappa shape index (κ1) is 18.1. The van der Waals surface area contributed by atoms with Crippen LogP contribution in [-0.4, -0.2) is 31.3 Å². The molecule has 2 aromatic heterocycles. The third kappa shape index (κ3) is 3.87. The predicted octanol–water partition coefficient (Wildman–Crippen LogP) is 4.61. The minimum absolute atomic E-state index is 0.0644. The Labute approximate surface area is 167 Å². The fourth-order valence-corrected chi connectivity index (χ4v) is 3.66. The van der Waals surface area contributed by atoms with E-state index in [4.69, 9.17) is 0 Å². The molecule has 0 fully saturated rings. The van der Waals surface area contributed by atoms with Crippen LogP contribution in [-0.2, 0) is 0 Å². The maximum atomic E-state index is 12.5. The van der Waals surface area contributed by atoms with E-state index in [2.05, 4.69) is 27.3 Å². The van der Waals surface area contributed by atoms with Gasteiger partial charge in [-0.3, -0.25) is 14.3 Å². The zero-order valence-corrected chi connectivity index (χ0v) is 16.1. The van der Waals surface area contributed by atoms with E-state index in [0.717, 1.165) is 17.1 Å². The number of ketones is 1. The Morgan fingerprint density at radius 2 is 1.64 bits per heavy atom. The summed E-state index contributed by atoms with van der Waals surface area (Å²) in [7, 11) is 0. The van der Waals surface area contributed by atoms with Crippen LogP contribution in [0.2, 0.25) is 0 Å². The highest BCUT2D eigenvalue weighted by molar-refractivity contribution is 7.99. The summed E-state index contributed by atoms with van der Waals surface area (Å²) in [6, 6.07) is 21.3. The van der Waals surface area contributed by atoms with Crippen LogP contribution in [0.5, 0.6) is 0 Å². The van der Waals surface area contributed by atoms with Crippen molar-refractivity contribution in [2.75, 3.05) is 5.75 Å². The first-order chi connectivity index (χ1) is 13.7. The first-order valence-electron chi connectivity index (χ1n) is 8.86. The van der Waals surface area contributed by atoms with Crippen LogP contribution in [0.3, 0.4) is 0 Å². The van der Waals surface area contributed by atoms with Crippen molar-refractivity contribution in [3.05, 3.63) is 90.3 Å². The number of pyridine rings is 1. The fraction of sp³-hybridized carbons (Fsp3) is 0.0909. The lowest BCUT2D eigenvalue weighted by Crippen LogP contribution is -2.05. The molecular weight excluding hydrogens is 368 g/mol. The van der Waals surface area contributed by atoms with Gasteiger partial charge in [-0.25, -0.2) is 0 Å². The first-order valence-corrected chi connectivity index (χ1v) is 9.85. The lowest BCUT2D eigenvalue weighted by molar-refractivity contribution is 0.102. The summed E-state index contributed by atoms with van der Waals surface area (Å²) in [6.07, 6.45) is 3.46. The summed E-state index contributed by atoms with van der Waals surface area (Å²) in [5.74, 6) is 1.08. The van der Waals surface area contributed by atoms with E-state index >= 15 is 0 Å². The molecule has 0 aliphatic rings. The molecule has 0 bridgehead atoms. The van der Waals surface area contributed by atoms with Gasteiger partial charge in [0.05, 0.1) is 5.75 Å². The zero-order chi connectivity index (χ0) is 19.3. The van der Waals surface area contributed by atoms with Gasteiger partial charge in [-0.15, -0.1) is 10.2 Å². The number of nitrogens with zero attached hydrogens (tertiary/aromatic N) is 4. The Kier molecular flexibility index (Phi) is 5.30. The molecule has 0 N–H and O–H groups in total. The molecule has 0 aliphatic carbocycles. The standard InChI is InChI=1S/C22H18N4OS/c1-16-7-9-19(10-8-16)26-21(18-11-13-23-14-12-18)24-25-22(26)28-15-20(27)17-5-3-2-4-6-17/h2-14H,15H2,1H3. The Morgan fingerprint density at radius 3 is 2.36 bits per heavy atom. The highest BCUT2D eigenvalue weighted by atomic mass is 32.2. The van der Waals surface area contributed by atoms with Gasteiger partial charge in [0.1, 0.15) is 0 Å². The summed E-state index contributed by atoms with van der Waals surface area (Å²) < 4.78 is 1.98. The minimum Gasteiger partial charge on any atom is -0.293 e. The van der Waals surface area contributed by atoms with Gasteiger partial charge in [-0.1, -0.05) is 59.8 Å². The van der Waals surface area contributed by atoms with Gasteiger partial charge in [0.15, 0.2) is 16.8 Å². The monoisotopic (exact) mass is 386 g/mol. The summed E-state index contributed by atoms with van der Waals surface area (Å²) >= 11 is 1.39. The molecule has 0 amide bonds. The maximum absolute atomic E-state index is 12.5. The summed E-state index contributed by atoms with van der Waals surface area (Å²) in [4.78, 5) is 16.6. The average Bonchev–Trinajstić information content (AvgIpc) is 3.18. The van der Waals surface area contributed by atoms with Gasteiger partial charge in [-0.05, 0) is 31.2 Å². The number of hydrogen-bond donors (Lipinski definition) is 0. The smallest absolute Gasteiger partial charge is 0.196 e. The lowest BCUT2D eigenvalue weighted by atomic mass is 10.2. The molecule has 0 unspecified atom stereocenters. The zero-order valence-electron chi connectivity index (χ0n) is 15.3. The molecule has 0 saturated carbocycles. The van der Waals surface area contributed by atoms with Crippen molar-refractivity contribution < 1.29 is 4.79 Å². The number of carbonyl (C=O) groups is 1. The molecule has 0 spiro atoms. The maximum Gasteiger partial charge on any atom is 0.196 e. The van der Waals surface area contributed by atoms with Crippen LogP contribution >= 0.6 is 11.8 Å². The van der Waals surface area contributed by atoms with Crippen LogP contribution in [0.15, 0.2) is 84.3 Å². The van der Waals surface area contributed by atoms with E-state index < -0.39 is 0 Å². The van der Waals surface area contributed by atoms with E-state index in [-0.39, 0.29) is 5.78 Å². The van der Waals surface area contributed by atoms with Crippen molar-refractivity contribution in [3.63, 3.8) is 0 Å². The van der Waals surface area contributed by atoms with Crippen molar-refractivity contribution in [1.29, 1.82) is 0 Å². The van der Waals surface area contributed by atoms with Gasteiger partial charge in [0.25, 0.3) is 0 Å². The van der Waals surface area contributed by atoms with E-state index in [1.54, 1.807) is 12.4 Å². The molecular formula is C22H18N4OS. The van der Waals surface area contributed by atoms with Gasteiger partial charge >= 0.3 is 0 Å². The Hall–Kier alpha value is -3.25. The molecule has 6 heteroatoms. The molecule has 0 radical (unpaired) electrons. The SMILES string of the molecule is Cc1ccc(-n2c(SCC(=O)c3ccccc3)nnc2-c2ccncc2)cc1. The molecule has 138 valence electrons. The second kappa shape index (κ2) is 8.19. The van der Waals surface area contributed by atoms with Crippen LogP contribution in [0, 0.1) is 6.92 Å². The molecule has 0 atom stereocenters. The van der Waals surface area contributed by atoms with Crippen molar-refractivity contribution in [2.45, 2.75) is 12.1 Å². The van der Waals surface area contributed by atoms with E-state index in [1.165, 1.54) is 17.3 Å². The number of hydrogen-bond acceptors (Lipinski definition) is 5. The average molecular weight is 386 g/mol. The molecule has 2 heterocycles. The number of benzene rings is 2. The molecule has 0 saturated heterocycles. The molecule has 0 aliphatic heterocycles. The predicted molar refractivity (Wildman–Crippen MR) is 111 cm³/mol. The number of thioether (sulfide) groups is 1. The Bertz CT molecular complexity index is 1080. The van der Waals surface area contributed by atoms with Gasteiger partial charge in [0.2, 0.25) is 0 Å². The third-order valence-corrected chi connectivity index (χ3v) is 5.22. The summed E-state index contributed by atoms with van der Waals surface area (Å²) in [5.41, 5.74) is 3.75. The van der Waals surface area contributed by atoms with Gasteiger partial charge in [-0.2, -0.15) is 0 Å². The van der Waals surface area contributed by atoms with Crippen molar-refractivity contribution in [2.24, 2.45) is 0 Å². The fourth-order valence-electron chi connectivity index (χ4n) is 2.82. The number of carbonyl (C=O) groups excluding carboxylic acids is 1. The minimum atomic E-state index is 0.0644. The van der Waals surface area contributed by atoms with Crippen LogP contribution < -0.4 is 0 Å².